The topological polar surface area (TPSA) is 54.6 Å². The Hall–Kier alpha value is -2.88. The van der Waals surface area contributed by atoms with E-state index in [0.717, 1.165) is 11.3 Å². The molecule has 0 aliphatic rings. The number of pyridine rings is 1. The zero-order chi connectivity index (χ0) is 16.6. The Labute approximate surface area is 134 Å². The summed E-state index contributed by atoms with van der Waals surface area (Å²) in [5, 5.41) is 11.2. The molecule has 0 fully saturated rings. The molecule has 0 bridgehead atoms. The van der Waals surface area contributed by atoms with Gasteiger partial charge < -0.3 is 9.67 Å². The Balaban J connectivity index is 2.28. The second-order valence-electron chi connectivity index (χ2n) is 5.59. The molecule has 23 heavy (non-hydrogen) atoms. The highest BCUT2D eigenvalue weighted by Gasteiger charge is 2.16. The fourth-order valence-corrected chi connectivity index (χ4v) is 2.73. The largest absolute Gasteiger partial charge is 0.506 e. The lowest BCUT2D eigenvalue weighted by Gasteiger charge is -2.12. The Morgan fingerprint density at radius 3 is 2.48 bits per heavy atom. The third kappa shape index (κ3) is 2.52. The third-order valence-electron chi connectivity index (χ3n) is 4.04. The number of hydrogen-bond donors (Lipinski definition) is 1. The van der Waals surface area contributed by atoms with Gasteiger partial charge in [-0.05, 0) is 37.6 Å². The van der Waals surface area contributed by atoms with Crippen LogP contribution in [0, 0.1) is 6.92 Å². The van der Waals surface area contributed by atoms with Crippen molar-refractivity contribution in [2.45, 2.75) is 13.8 Å². The predicted octanol–water partition coefficient (Wildman–Crippen LogP) is 3.69. The summed E-state index contributed by atoms with van der Waals surface area (Å²) >= 11 is 0. The van der Waals surface area contributed by atoms with Crippen LogP contribution in [0.15, 0.2) is 58.3 Å². The minimum Gasteiger partial charge on any atom is -0.506 e. The Bertz CT molecular complexity index is 984. The van der Waals surface area contributed by atoms with Crippen molar-refractivity contribution in [1.29, 1.82) is 0 Å². The molecule has 4 nitrogen and oxygen atoms in total. The van der Waals surface area contributed by atoms with Crippen LogP contribution in [-0.2, 0) is 7.05 Å². The first-order valence-electron chi connectivity index (χ1n) is 7.42. The summed E-state index contributed by atoms with van der Waals surface area (Å²) in [4.78, 5) is 17.2. The second kappa shape index (κ2) is 5.72. The van der Waals surface area contributed by atoms with E-state index in [2.05, 4.69) is 4.99 Å². The predicted molar refractivity (Wildman–Crippen MR) is 93.9 cm³/mol. The van der Waals surface area contributed by atoms with Crippen molar-refractivity contribution in [3.05, 3.63) is 70.0 Å². The zero-order valence-corrected chi connectivity index (χ0v) is 13.4. The van der Waals surface area contributed by atoms with Crippen molar-refractivity contribution in [2.24, 2.45) is 12.0 Å². The van der Waals surface area contributed by atoms with Crippen LogP contribution in [0.4, 0.5) is 5.69 Å². The summed E-state index contributed by atoms with van der Waals surface area (Å²) in [5.74, 6) is -0.0152. The molecule has 0 spiro atoms. The van der Waals surface area contributed by atoms with Crippen LogP contribution in [-0.4, -0.2) is 15.4 Å². The van der Waals surface area contributed by atoms with Crippen LogP contribution >= 0.6 is 0 Å². The van der Waals surface area contributed by atoms with Crippen molar-refractivity contribution in [3.63, 3.8) is 0 Å². The van der Waals surface area contributed by atoms with Gasteiger partial charge in [-0.25, -0.2) is 0 Å². The third-order valence-corrected chi connectivity index (χ3v) is 4.04. The van der Waals surface area contributed by atoms with Gasteiger partial charge in [0.2, 0.25) is 0 Å². The molecule has 1 aromatic heterocycles. The van der Waals surface area contributed by atoms with E-state index in [1.807, 2.05) is 49.4 Å². The lowest BCUT2D eigenvalue weighted by Crippen LogP contribution is -2.24. The molecule has 0 amide bonds. The van der Waals surface area contributed by atoms with Gasteiger partial charge in [0.1, 0.15) is 11.3 Å². The monoisotopic (exact) mass is 306 g/mol. The average Bonchev–Trinajstić information content (AvgIpc) is 2.55. The molecule has 0 aliphatic carbocycles. The highest BCUT2D eigenvalue weighted by molar-refractivity contribution is 6.06. The first kappa shape index (κ1) is 15.0. The van der Waals surface area contributed by atoms with Crippen molar-refractivity contribution in [3.8, 4) is 5.75 Å². The summed E-state index contributed by atoms with van der Waals surface area (Å²) < 4.78 is 1.54. The number of hydrogen-bond acceptors (Lipinski definition) is 3. The van der Waals surface area contributed by atoms with Gasteiger partial charge in [0.15, 0.2) is 0 Å². The van der Waals surface area contributed by atoms with Gasteiger partial charge in [-0.2, -0.15) is 0 Å². The Morgan fingerprint density at radius 1 is 1.09 bits per heavy atom. The molecule has 4 heteroatoms. The van der Waals surface area contributed by atoms with E-state index >= 15 is 0 Å². The van der Waals surface area contributed by atoms with Crippen LogP contribution in [0.1, 0.15) is 18.1 Å². The SMILES string of the molecule is CC(=Nc1ccccc1C)c1c(O)c2ccccc2n(C)c1=O. The van der Waals surface area contributed by atoms with E-state index in [0.29, 0.717) is 16.6 Å². The number of rotatable bonds is 2. The maximum Gasteiger partial charge on any atom is 0.263 e. The molecule has 0 radical (unpaired) electrons. The van der Waals surface area contributed by atoms with Crippen LogP contribution in [0.3, 0.4) is 0 Å². The van der Waals surface area contributed by atoms with Gasteiger partial charge in [-0.3, -0.25) is 9.79 Å². The van der Waals surface area contributed by atoms with E-state index in [-0.39, 0.29) is 16.9 Å². The number of aromatic hydroxyl groups is 1. The van der Waals surface area contributed by atoms with Crippen molar-refractivity contribution in [2.75, 3.05) is 0 Å². The number of fused-ring (bicyclic) bond motifs is 1. The molecule has 3 rings (SSSR count). The summed E-state index contributed by atoms with van der Waals surface area (Å²) in [6.07, 6.45) is 0. The first-order chi connectivity index (χ1) is 11.0. The molecule has 0 atom stereocenters. The van der Waals surface area contributed by atoms with E-state index in [1.165, 1.54) is 0 Å². The summed E-state index contributed by atoms with van der Waals surface area (Å²) in [7, 11) is 1.70. The summed E-state index contributed by atoms with van der Waals surface area (Å²) in [5.41, 5.74) is 3.00. The summed E-state index contributed by atoms with van der Waals surface area (Å²) in [6, 6.07) is 15.0. The molecule has 3 aromatic rings. The van der Waals surface area contributed by atoms with Crippen LogP contribution < -0.4 is 5.56 Å². The van der Waals surface area contributed by atoms with Crippen molar-refractivity contribution in [1.82, 2.24) is 4.57 Å². The van der Waals surface area contributed by atoms with Gasteiger partial charge in [0.05, 0.1) is 16.9 Å². The second-order valence-corrected chi connectivity index (χ2v) is 5.59. The molecule has 116 valence electrons. The minimum atomic E-state index is -0.254. The molecule has 0 aliphatic heterocycles. The maximum atomic E-state index is 12.6. The maximum absolute atomic E-state index is 12.6. The molecule has 1 heterocycles. The molecular formula is C19H18N2O2. The number of para-hydroxylation sites is 2. The van der Waals surface area contributed by atoms with Gasteiger partial charge in [0, 0.05) is 12.4 Å². The smallest absolute Gasteiger partial charge is 0.263 e. The van der Waals surface area contributed by atoms with Crippen molar-refractivity contribution < 1.29 is 5.11 Å². The van der Waals surface area contributed by atoms with Gasteiger partial charge in [-0.15, -0.1) is 0 Å². The molecule has 2 aromatic carbocycles. The van der Waals surface area contributed by atoms with Crippen LogP contribution in [0.5, 0.6) is 5.75 Å². The van der Waals surface area contributed by atoms with Crippen LogP contribution in [0.25, 0.3) is 10.9 Å². The standard InChI is InChI=1S/C19H18N2O2/c1-12-8-4-6-10-15(12)20-13(2)17-18(22)14-9-5-7-11-16(14)21(3)19(17)23/h4-11,22H,1-3H3. The lowest BCUT2D eigenvalue weighted by molar-refractivity contribution is 0.478. The molecule has 0 saturated carbocycles. The molecule has 0 saturated heterocycles. The van der Waals surface area contributed by atoms with E-state index in [4.69, 9.17) is 0 Å². The average molecular weight is 306 g/mol. The van der Waals surface area contributed by atoms with Gasteiger partial charge in [0.25, 0.3) is 5.56 Å². The number of aliphatic imine (C=N–C) groups is 1. The van der Waals surface area contributed by atoms with E-state index < -0.39 is 0 Å². The fraction of sp³-hybridized carbons (Fsp3) is 0.158. The van der Waals surface area contributed by atoms with E-state index in [9.17, 15) is 9.90 Å². The van der Waals surface area contributed by atoms with Crippen LogP contribution in [0.2, 0.25) is 0 Å². The number of nitrogens with zero attached hydrogens (tertiary/aromatic N) is 2. The normalized spacial score (nSPS) is 11.9. The highest BCUT2D eigenvalue weighted by Crippen LogP contribution is 2.27. The molecule has 1 N–H and O–H groups in total. The fourth-order valence-electron chi connectivity index (χ4n) is 2.73. The van der Waals surface area contributed by atoms with Crippen molar-refractivity contribution >= 4 is 22.3 Å². The molecular weight excluding hydrogens is 288 g/mol. The quantitative estimate of drug-likeness (QED) is 0.734. The number of benzene rings is 2. The molecule has 0 unspecified atom stereocenters. The first-order valence-corrected chi connectivity index (χ1v) is 7.42. The van der Waals surface area contributed by atoms with Gasteiger partial charge in [-0.1, -0.05) is 30.3 Å². The zero-order valence-electron chi connectivity index (χ0n) is 13.4. The van der Waals surface area contributed by atoms with Gasteiger partial charge >= 0.3 is 0 Å². The lowest BCUT2D eigenvalue weighted by atomic mass is 10.1. The minimum absolute atomic E-state index is 0.0152. The number of aryl methyl sites for hydroxylation is 2. The Morgan fingerprint density at radius 2 is 1.74 bits per heavy atom. The Kier molecular flexibility index (Phi) is 3.74. The van der Waals surface area contributed by atoms with E-state index in [1.54, 1.807) is 24.6 Å². The highest BCUT2D eigenvalue weighted by atomic mass is 16.3. The number of aromatic nitrogens is 1. The summed E-state index contributed by atoms with van der Waals surface area (Å²) in [6.45, 7) is 3.71.